The van der Waals surface area contributed by atoms with Crippen LogP contribution in [-0.4, -0.2) is 68.9 Å². The summed E-state index contributed by atoms with van der Waals surface area (Å²) in [6.07, 6.45) is -0.265. The lowest BCUT2D eigenvalue weighted by Gasteiger charge is -2.31. The van der Waals surface area contributed by atoms with Crippen molar-refractivity contribution >= 4 is 23.8 Å². The Morgan fingerprint density at radius 1 is 1.26 bits per heavy atom. The maximum absolute atomic E-state index is 14.4. The molecule has 0 spiro atoms. The van der Waals surface area contributed by atoms with Crippen LogP contribution in [-0.2, 0) is 16.1 Å². The maximum Gasteiger partial charge on any atom is 0.407 e. The zero-order chi connectivity index (χ0) is 26.6. The van der Waals surface area contributed by atoms with E-state index in [1.54, 1.807) is 5.32 Å². The second-order valence-corrected chi connectivity index (χ2v) is 8.24. The lowest BCUT2D eigenvalue weighted by atomic mass is 9.85. The molecule has 1 aromatic rings. The molecule has 0 aliphatic carbocycles. The van der Waals surface area contributed by atoms with Crippen LogP contribution in [0.15, 0.2) is 24.4 Å². The Morgan fingerprint density at radius 2 is 1.94 bits per heavy atom. The molecule has 1 rings (SSSR count). The van der Waals surface area contributed by atoms with E-state index in [0.717, 1.165) is 25.6 Å². The van der Waals surface area contributed by atoms with Gasteiger partial charge >= 0.3 is 12.6 Å². The number of allylic oxidation sites excluding steroid dienone is 1. The first-order chi connectivity index (χ1) is 16.4. The number of methoxy groups -OCH3 is 1. The average molecular weight is 506 g/mol. The number of ether oxygens (including phenoxy) is 1. The normalized spacial score (nSPS) is 13.7. The number of benzene rings is 1. The summed E-state index contributed by atoms with van der Waals surface area (Å²) in [6, 6.07) is 2.72. The number of aliphatic hydroxyl groups is 1. The smallest absolute Gasteiger partial charge is 0.407 e. The zero-order valence-electron chi connectivity index (χ0n) is 19.6. The predicted octanol–water partition coefficient (Wildman–Crippen LogP) is 1.92. The van der Waals surface area contributed by atoms with Crippen molar-refractivity contribution in [1.82, 2.24) is 21.3 Å². The molecule has 9 nitrogen and oxygen atoms in total. The van der Waals surface area contributed by atoms with Gasteiger partial charge in [0.25, 0.3) is 0 Å². The monoisotopic (exact) mass is 505 g/mol. The van der Waals surface area contributed by atoms with E-state index >= 15 is 0 Å². The number of halogens is 4. The van der Waals surface area contributed by atoms with E-state index in [-0.39, 0.29) is 36.3 Å². The first kappa shape index (κ1) is 29.8. The van der Waals surface area contributed by atoms with Crippen molar-refractivity contribution in [1.29, 1.82) is 5.41 Å². The summed E-state index contributed by atoms with van der Waals surface area (Å²) in [6.45, 7) is -1.07. The van der Waals surface area contributed by atoms with Gasteiger partial charge in [0.05, 0.1) is 19.9 Å². The Bertz CT molecular complexity index is 899. The third-order valence-electron chi connectivity index (χ3n) is 4.95. The van der Waals surface area contributed by atoms with Crippen molar-refractivity contribution in [3.63, 3.8) is 0 Å². The van der Waals surface area contributed by atoms with Crippen LogP contribution in [0.4, 0.5) is 22.4 Å². The van der Waals surface area contributed by atoms with E-state index in [4.69, 9.17) is 5.41 Å². The summed E-state index contributed by atoms with van der Waals surface area (Å²) in [5, 5.41) is 26.7. The Hall–Kier alpha value is -3.19. The fourth-order valence-electron chi connectivity index (χ4n) is 2.87. The Balaban J connectivity index is 2.63. The highest BCUT2D eigenvalue weighted by atomic mass is 19.3. The van der Waals surface area contributed by atoms with Crippen LogP contribution < -0.4 is 21.3 Å². The number of hydrogen-bond donors (Lipinski definition) is 6. The summed E-state index contributed by atoms with van der Waals surface area (Å²) in [4.78, 5) is 23.9. The van der Waals surface area contributed by atoms with E-state index in [1.165, 1.54) is 26.0 Å². The third kappa shape index (κ3) is 9.91. The third-order valence-corrected chi connectivity index (χ3v) is 4.95. The lowest BCUT2D eigenvalue weighted by Crippen LogP contribution is -2.56. The van der Waals surface area contributed by atoms with Crippen LogP contribution in [0, 0.1) is 16.6 Å². The molecular weight excluding hydrogens is 474 g/mol. The Kier molecular flexibility index (Phi) is 12.2. The van der Waals surface area contributed by atoms with Crippen LogP contribution in [0.5, 0.6) is 0 Å². The summed E-state index contributed by atoms with van der Waals surface area (Å²) >= 11 is 0. The number of hydrogen-bond acceptors (Lipinski definition) is 7. The minimum absolute atomic E-state index is 0.0114. The molecule has 0 saturated heterocycles. The molecule has 0 aliphatic rings. The first-order valence-electron chi connectivity index (χ1n) is 10.6. The van der Waals surface area contributed by atoms with Gasteiger partial charge in [0.1, 0.15) is 11.9 Å². The van der Waals surface area contributed by atoms with Crippen LogP contribution in [0.25, 0.3) is 5.57 Å². The number of carbonyl (C=O) groups excluding carboxylic acids is 2. The van der Waals surface area contributed by atoms with Crippen molar-refractivity contribution < 1.29 is 37.0 Å². The fourth-order valence-corrected chi connectivity index (χ4v) is 2.87. The second kappa shape index (κ2) is 14.3. The van der Waals surface area contributed by atoms with E-state index in [9.17, 15) is 32.3 Å². The SMILES string of the molecule is COC(=O)NC(C(=O)NC[C@@H](O)CNCc1ccc(/C(C=N)=C/NC(F)F)cc1F)C(C)(C)CF. The van der Waals surface area contributed by atoms with Gasteiger partial charge in [-0.15, -0.1) is 0 Å². The van der Waals surface area contributed by atoms with Gasteiger partial charge in [-0.3, -0.25) is 9.18 Å². The molecule has 6 N–H and O–H groups in total. The van der Waals surface area contributed by atoms with Gasteiger partial charge in [0.2, 0.25) is 5.91 Å². The summed E-state index contributed by atoms with van der Waals surface area (Å²) in [7, 11) is 1.10. The van der Waals surface area contributed by atoms with Crippen LogP contribution in [0.3, 0.4) is 0 Å². The Morgan fingerprint density at radius 3 is 2.49 bits per heavy atom. The quantitative estimate of drug-likeness (QED) is 0.130. The molecule has 0 heterocycles. The van der Waals surface area contributed by atoms with Gasteiger partial charge in [0.15, 0.2) is 0 Å². The minimum Gasteiger partial charge on any atom is -0.453 e. The first-order valence-corrected chi connectivity index (χ1v) is 10.6. The van der Waals surface area contributed by atoms with Crippen LogP contribution >= 0.6 is 0 Å². The molecule has 196 valence electrons. The summed E-state index contributed by atoms with van der Waals surface area (Å²) < 4.78 is 56.7. The molecule has 0 aliphatic heterocycles. The number of alkyl halides is 3. The number of aliphatic hydroxyl groups excluding tert-OH is 1. The van der Waals surface area contributed by atoms with E-state index < -0.39 is 48.6 Å². The number of carbonyl (C=O) groups is 2. The molecule has 0 aromatic heterocycles. The average Bonchev–Trinajstić information content (AvgIpc) is 2.82. The molecule has 2 amide bonds. The van der Waals surface area contributed by atoms with Gasteiger partial charge in [0, 0.05) is 48.6 Å². The highest BCUT2D eigenvalue weighted by Gasteiger charge is 2.37. The largest absolute Gasteiger partial charge is 0.453 e. The minimum atomic E-state index is -2.82. The summed E-state index contributed by atoms with van der Waals surface area (Å²) in [5.41, 5.74) is -0.717. The zero-order valence-corrected chi connectivity index (χ0v) is 19.6. The van der Waals surface area contributed by atoms with Gasteiger partial charge in [-0.05, 0) is 11.6 Å². The summed E-state index contributed by atoms with van der Waals surface area (Å²) in [5.74, 6) is -1.36. The molecule has 0 fully saturated rings. The number of nitrogens with one attached hydrogen (secondary N) is 5. The van der Waals surface area contributed by atoms with Gasteiger partial charge in [-0.1, -0.05) is 26.0 Å². The van der Waals surface area contributed by atoms with Gasteiger partial charge in [-0.25, -0.2) is 9.18 Å². The Labute approximate surface area is 200 Å². The standard InChI is InChI=1S/C22H31F4N5O4/c1-22(2,12-23)18(31-21(34)35-3)19(33)29-11-16(32)10-28-8-14-5-4-13(6-17(14)24)15(7-27)9-30-20(25)26/h4-7,9,16,18,20,27-28,30,32H,8,10-12H2,1-3H3,(H,29,33)(H,31,34)/b15-9+,27-7?/t16-,18?/m0/s1. The topological polar surface area (TPSA) is 136 Å². The molecule has 0 bridgehead atoms. The molecule has 2 atom stereocenters. The predicted molar refractivity (Wildman–Crippen MR) is 122 cm³/mol. The van der Waals surface area contributed by atoms with E-state index in [1.807, 2.05) is 0 Å². The highest BCUT2D eigenvalue weighted by Crippen LogP contribution is 2.22. The highest BCUT2D eigenvalue weighted by molar-refractivity contribution is 6.08. The molecule has 35 heavy (non-hydrogen) atoms. The van der Waals surface area contributed by atoms with E-state index in [2.05, 4.69) is 20.7 Å². The molecular formula is C22H31F4N5O4. The van der Waals surface area contributed by atoms with Crippen LogP contribution in [0.2, 0.25) is 0 Å². The van der Waals surface area contributed by atoms with Crippen molar-refractivity contribution in [3.05, 3.63) is 41.3 Å². The molecule has 0 saturated carbocycles. The lowest BCUT2D eigenvalue weighted by molar-refractivity contribution is -0.126. The number of amides is 2. The fraction of sp³-hybridized carbons (Fsp3) is 0.500. The van der Waals surface area contributed by atoms with Gasteiger partial charge < -0.3 is 36.5 Å². The van der Waals surface area contributed by atoms with Gasteiger partial charge in [-0.2, -0.15) is 8.78 Å². The molecule has 0 radical (unpaired) electrons. The van der Waals surface area contributed by atoms with Crippen LogP contribution in [0.1, 0.15) is 25.0 Å². The molecule has 1 aromatic carbocycles. The van der Waals surface area contributed by atoms with Crippen molar-refractivity contribution in [2.45, 2.75) is 39.1 Å². The van der Waals surface area contributed by atoms with Crippen molar-refractivity contribution in [2.24, 2.45) is 5.41 Å². The number of alkyl carbamates (subject to hydrolysis) is 1. The van der Waals surface area contributed by atoms with E-state index in [0.29, 0.717) is 0 Å². The number of rotatable bonds is 14. The second-order valence-electron chi connectivity index (χ2n) is 8.24. The van der Waals surface area contributed by atoms with Crippen molar-refractivity contribution in [3.8, 4) is 0 Å². The molecule has 13 heteroatoms. The van der Waals surface area contributed by atoms with Crippen molar-refractivity contribution in [2.75, 3.05) is 26.9 Å². The maximum atomic E-state index is 14.4. The molecule has 1 unspecified atom stereocenters.